The maximum Gasteiger partial charge on any atom is 0.306 e. The average Bonchev–Trinajstić information content (AvgIpc) is 2.85. The summed E-state index contributed by atoms with van der Waals surface area (Å²) in [5, 5.41) is 9.23. The zero-order valence-electron chi connectivity index (χ0n) is 20.3. The van der Waals surface area contributed by atoms with Crippen molar-refractivity contribution in [2.45, 2.75) is 64.8 Å². The molecule has 2 aromatic rings. The van der Waals surface area contributed by atoms with Crippen LogP contribution in [0.1, 0.15) is 61.3 Å². The molecule has 186 valence electrons. The van der Waals surface area contributed by atoms with Crippen molar-refractivity contribution in [2.75, 3.05) is 6.54 Å². The van der Waals surface area contributed by atoms with E-state index in [4.69, 9.17) is 0 Å². The highest BCUT2D eigenvalue weighted by atomic mass is 19.1. The third-order valence-electron chi connectivity index (χ3n) is 7.83. The van der Waals surface area contributed by atoms with Gasteiger partial charge in [-0.05, 0) is 72.3 Å². The summed E-state index contributed by atoms with van der Waals surface area (Å²) in [7, 11) is 0. The van der Waals surface area contributed by atoms with Crippen LogP contribution in [-0.2, 0) is 40.2 Å². The van der Waals surface area contributed by atoms with E-state index < -0.39 is 5.97 Å². The number of carbonyl (C=O) groups excluding carboxylic acids is 2. The molecular formula is C29H34FNO4. The molecular weight excluding hydrogens is 445 g/mol. The molecule has 1 aliphatic carbocycles. The van der Waals surface area contributed by atoms with Gasteiger partial charge in [-0.15, -0.1) is 0 Å². The lowest BCUT2D eigenvalue weighted by atomic mass is 9.75. The van der Waals surface area contributed by atoms with Crippen molar-refractivity contribution in [1.82, 2.24) is 4.90 Å². The summed E-state index contributed by atoms with van der Waals surface area (Å²) in [4.78, 5) is 38.6. The first kappa shape index (κ1) is 25.1. The van der Waals surface area contributed by atoms with Crippen LogP contribution < -0.4 is 0 Å². The minimum Gasteiger partial charge on any atom is -0.481 e. The second-order valence-corrected chi connectivity index (χ2v) is 10.3. The maximum atomic E-state index is 13.8. The maximum absolute atomic E-state index is 13.8. The van der Waals surface area contributed by atoms with E-state index in [0.29, 0.717) is 31.0 Å². The summed E-state index contributed by atoms with van der Waals surface area (Å²) >= 11 is 0. The van der Waals surface area contributed by atoms with Crippen molar-refractivity contribution in [3.05, 3.63) is 70.5 Å². The van der Waals surface area contributed by atoms with E-state index in [2.05, 4.69) is 6.07 Å². The van der Waals surface area contributed by atoms with Crippen LogP contribution in [0.3, 0.4) is 0 Å². The fourth-order valence-corrected chi connectivity index (χ4v) is 5.54. The van der Waals surface area contributed by atoms with Gasteiger partial charge in [-0.2, -0.15) is 0 Å². The van der Waals surface area contributed by atoms with Gasteiger partial charge in [-0.1, -0.05) is 43.3 Å². The summed E-state index contributed by atoms with van der Waals surface area (Å²) in [6.45, 7) is 3.04. The zero-order valence-corrected chi connectivity index (χ0v) is 20.3. The first-order valence-corrected chi connectivity index (χ1v) is 12.7. The number of halogens is 1. The number of ketones is 1. The molecule has 2 aromatic carbocycles. The summed E-state index contributed by atoms with van der Waals surface area (Å²) in [5.41, 5.74) is 3.65. The molecule has 1 amide bonds. The Labute approximate surface area is 206 Å². The molecule has 6 heteroatoms. The second kappa shape index (κ2) is 11.1. The van der Waals surface area contributed by atoms with E-state index in [1.165, 1.54) is 11.6 Å². The quantitative estimate of drug-likeness (QED) is 0.579. The summed E-state index contributed by atoms with van der Waals surface area (Å²) < 4.78 is 13.8. The topological polar surface area (TPSA) is 74.7 Å². The molecule has 1 fully saturated rings. The predicted octanol–water partition coefficient (Wildman–Crippen LogP) is 4.98. The van der Waals surface area contributed by atoms with Crippen molar-refractivity contribution < 1.29 is 23.9 Å². The van der Waals surface area contributed by atoms with Crippen LogP contribution in [0.4, 0.5) is 4.39 Å². The summed E-state index contributed by atoms with van der Waals surface area (Å²) in [6.07, 6.45) is 5.26. The van der Waals surface area contributed by atoms with Gasteiger partial charge in [-0.25, -0.2) is 4.39 Å². The minimum atomic E-state index is -0.728. The Morgan fingerprint density at radius 3 is 2.49 bits per heavy atom. The van der Waals surface area contributed by atoms with Crippen molar-refractivity contribution in [3.63, 3.8) is 0 Å². The zero-order chi connectivity index (χ0) is 24.9. The van der Waals surface area contributed by atoms with Crippen LogP contribution in [0.15, 0.2) is 42.5 Å². The number of carboxylic acids is 1. The Balaban J connectivity index is 1.28. The van der Waals surface area contributed by atoms with E-state index in [1.54, 1.807) is 25.1 Å². The highest BCUT2D eigenvalue weighted by Gasteiger charge is 2.31. The molecule has 1 unspecified atom stereocenters. The molecule has 1 N–H and O–H groups in total. The van der Waals surface area contributed by atoms with E-state index >= 15 is 0 Å². The Morgan fingerprint density at radius 2 is 1.77 bits per heavy atom. The van der Waals surface area contributed by atoms with Crippen LogP contribution in [0.2, 0.25) is 0 Å². The van der Waals surface area contributed by atoms with Crippen molar-refractivity contribution in [2.24, 2.45) is 17.8 Å². The van der Waals surface area contributed by atoms with Crippen LogP contribution in [-0.4, -0.2) is 34.2 Å². The van der Waals surface area contributed by atoms with Crippen molar-refractivity contribution in [3.8, 4) is 0 Å². The lowest BCUT2D eigenvalue weighted by Crippen LogP contribution is -2.37. The molecule has 1 heterocycles. The molecule has 5 nitrogen and oxygen atoms in total. The van der Waals surface area contributed by atoms with Crippen LogP contribution >= 0.6 is 0 Å². The average molecular weight is 480 g/mol. The molecule has 0 aromatic heterocycles. The number of hydrogen-bond acceptors (Lipinski definition) is 3. The van der Waals surface area contributed by atoms with Crippen LogP contribution in [0.5, 0.6) is 0 Å². The molecule has 0 spiro atoms. The molecule has 4 rings (SSSR count). The van der Waals surface area contributed by atoms with Gasteiger partial charge < -0.3 is 10.0 Å². The third-order valence-corrected chi connectivity index (χ3v) is 7.83. The lowest BCUT2D eigenvalue weighted by Gasteiger charge is -2.33. The molecule has 2 aliphatic rings. The Hall–Kier alpha value is -3.02. The van der Waals surface area contributed by atoms with Crippen molar-refractivity contribution >= 4 is 17.7 Å². The fourth-order valence-electron chi connectivity index (χ4n) is 5.54. The van der Waals surface area contributed by atoms with E-state index in [9.17, 15) is 23.9 Å². The molecule has 0 saturated heterocycles. The third kappa shape index (κ3) is 6.36. The molecule has 0 bridgehead atoms. The van der Waals surface area contributed by atoms with E-state index in [-0.39, 0.29) is 42.2 Å². The monoisotopic (exact) mass is 479 g/mol. The largest absolute Gasteiger partial charge is 0.481 e. The van der Waals surface area contributed by atoms with Crippen LogP contribution in [0.25, 0.3) is 0 Å². The number of carbonyl (C=O) groups is 3. The van der Waals surface area contributed by atoms with Crippen molar-refractivity contribution in [1.29, 1.82) is 0 Å². The van der Waals surface area contributed by atoms with Crippen LogP contribution in [0, 0.1) is 23.6 Å². The van der Waals surface area contributed by atoms with E-state index in [0.717, 1.165) is 43.2 Å². The number of hydrogen-bond donors (Lipinski definition) is 1. The summed E-state index contributed by atoms with van der Waals surface area (Å²) in [5.74, 6) is -0.680. The Morgan fingerprint density at radius 1 is 1.03 bits per heavy atom. The Bertz CT molecular complexity index is 1090. The number of carboxylic acid groups (broad SMARTS) is 1. The highest BCUT2D eigenvalue weighted by Crippen LogP contribution is 2.35. The molecule has 35 heavy (non-hydrogen) atoms. The Kier molecular flexibility index (Phi) is 7.99. The van der Waals surface area contributed by atoms with Gasteiger partial charge in [0.25, 0.3) is 0 Å². The first-order valence-electron chi connectivity index (χ1n) is 12.7. The summed E-state index contributed by atoms with van der Waals surface area (Å²) in [6, 6.07) is 12.4. The number of Topliss-reactive ketones (excluding diaryl/α,β-unsaturated/α-hetero) is 1. The van der Waals surface area contributed by atoms with E-state index in [1.807, 2.05) is 17.0 Å². The number of aliphatic carboxylic acids is 1. The SMILES string of the molecule is CC(C(=O)O)C1CCC(CC(=O)N2CCc3cc(CC(=O)Cc4ccccc4F)ccc3C2)CC1. The molecule has 1 aliphatic heterocycles. The number of fused-ring (bicyclic) bond motifs is 1. The fraction of sp³-hybridized carbons (Fsp3) is 0.483. The molecule has 1 saturated carbocycles. The number of rotatable bonds is 8. The predicted molar refractivity (Wildman–Crippen MR) is 131 cm³/mol. The minimum absolute atomic E-state index is 0.0184. The molecule has 1 atom stereocenters. The standard InChI is InChI=1S/C29H34FNO4/c1-19(29(34)35)22-9-6-20(7-10-22)16-28(33)31-13-12-23-14-21(8-11-25(23)18-31)15-26(32)17-24-4-2-3-5-27(24)30/h2-5,8,11,14,19-20,22H,6-7,9-10,12-13,15-18H2,1H3,(H,34,35). The lowest BCUT2D eigenvalue weighted by molar-refractivity contribution is -0.144. The van der Waals surface area contributed by atoms with Gasteiger partial charge in [-0.3, -0.25) is 14.4 Å². The highest BCUT2D eigenvalue weighted by molar-refractivity contribution is 5.83. The van der Waals surface area contributed by atoms with Gasteiger partial charge >= 0.3 is 5.97 Å². The second-order valence-electron chi connectivity index (χ2n) is 10.3. The van der Waals surface area contributed by atoms with Gasteiger partial charge in [0.05, 0.1) is 5.92 Å². The van der Waals surface area contributed by atoms with Gasteiger partial charge in [0.15, 0.2) is 0 Å². The van der Waals surface area contributed by atoms with Gasteiger partial charge in [0.2, 0.25) is 5.91 Å². The first-order chi connectivity index (χ1) is 16.8. The number of amides is 1. The number of nitrogens with zero attached hydrogens (tertiary/aromatic N) is 1. The molecule has 0 radical (unpaired) electrons. The number of benzene rings is 2. The smallest absolute Gasteiger partial charge is 0.306 e. The normalized spacial score (nSPS) is 20.7. The van der Waals surface area contributed by atoms with Gasteiger partial charge in [0.1, 0.15) is 11.6 Å². The van der Waals surface area contributed by atoms with Gasteiger partial charge in [0, 0.05) is 32.4 Å².